The maximum absolute atomic E-state index is 11.9. The first-order valence-electron chi connectivity index (χ1n) is 7.92. The molecule has 0 aliphatic carbocycles. The van der Waals surface area contributed by atoms with E-state index in [1.54, 1.807) is 18.2 Å². The van der Waals surface area contributed by atoms with Crippen molar-refractivity contribution in [1.82, 2.24) is 10.2 Å². The fourth-order valence-corrected chi connectivity index (χ4v) is 2.95. The zero-order chi connectivity index (χ0) is 17.3. The van der Waals surface area contributed by atoms with Crippen LogP contribution in [0.25, 0.3) is 6.08 Å². The van der Waals surface area contributed by atoms with Gasteiger partial charge in [0.2, 0.25) is 5.91 Å². The third-order valence-corrected chi connectivity index (χ3v) is 4.17. The van der Waals surface area contributed by atoms with Gasteiger partial charge in [-0.2, -0.15) is 5.10 Å². The first kappa shape index (κ1) is 16.1. The summed E-state index contributed by atoms with van der Waals surface area (Å²) in [5, 5.41) is 19.8. The molecule has 0 saturated heterocycles. The SMILES string of the molecule is COc1cc(/C=C/C2CC(=O)Nc3n[nH]c(C(C)C)c32)ccc1O. The standard InChI is InChI=1S/C18H21N3O3/c1-10(2)17-16-12(9-15(23)19-18(16)21-20-17)6-4-11-5-7-13(22)14(8-11)24-3/h4-8,10,12,22H,9H2,1-3H3,(H2,19,20,21,23)/b6-4+. The number of nitrogens with one attached hydrogen (secondary N) is 2. The Morgan fingerprint density at radius 2 is 2.21 bits per heavy atom. The average molecular weight is 327 g/mol. The smallest absolute Gasteiger partial charge is 0.226 e. The molecule has 0 saturated carbocycles. The monoisotopic (exact) mass is 327 g/mol. The van der Waals surface area contributed by atoms with Crippen LogP contribution in [0.3, 0.4) is 0 Å². The van der Waals surface area contributed by atoms with Crippen LogP contribution in [0.5, 0.6) is 11.5 Å². The van der Waals surface area contributed by atoms with Gasteiger partial charge in [-0.05, 0) is 23.6 Å². The zero-order valence-electron chi connectivity index (χ0n) is 14.0. The number of phenolic OH excluding ortho intramolecular Hbond substituents is 1. The van der Waals surface area contributed by atoms with Crippen molar-refractivity contribution in [2.75, 3.05) is 12.4 Å². The molecule has 3 rings (SSSR count). The van der Waals surface area contributed by atoms with E-state index in [2.05, 4.69) is 29.4 Å². The molecule has 24 heavy (non-hydrogen) atoms. The van der Waals surface area contributed by atoms with Gasteiger partial charge < -0.3 is 15.2 Å². The van der Waals surface area contributed by atoms with Gasteiger partial charge in [-0.15, -0.1) is 0 Å². The topological polar surface area (TPSA) is 87.2 Å². The number of hydrogen-bond donors (Lipinski definition) is 3. The van der Waals surface area contributed by atoms with Gasteiger partial charge in [0.25, 0.3) is 0 Å². The molecule has 1 aliphatic rings. The highest BCUT2D eigenvalue weighted by molar-refractivity contribution is 5.94. The Morgan fingerprint density at radius 1 is 1.42 bits per heavy atom. The molecule has 126 valence electrons. The van der Waals surface area contributed by atoms with Crippen LogP contribution in [-0.2, 0) is 4.79 Å². The molecule has 0 fully saturated rings. The number of fused-ring (bicyclic) bond motifs is 1. The number of carbonyl (C=O) groups is 1. The molecular weight excluding hydrogens is 306 g/mol. The number of aromatic hydroxyl groups is 1. The highest BCUT2D eigenvalue weighted by atomic mass is 16.5. The Balaban J connectivity index is 1.93. The molecule has 0 spiro atoms. The van der Waals surface area contributed by atoms with Crippen LogP contribution in [0.2, 0.25) is 0 Å². The number of aromatic amines is 1. The van der Waals surface area contributed by atoms with Crippen LogP contribution in [0.1, 0.15) is 48.9 Å². The number of aromatic nitrogens is 2. The highest BCUT2D eigenvalue weighted by Gasteiger charge is 2.29. The molecule has 6 heteroatoms. The number of allylic oxidation sites excluding steroid dienone is 1. The number of nitrogens with zero attached hydrogens (tertiary/aromatic N) is 1. The van der Waals surface area contributed by atoms with E-state index < -0.39 is 0 Å². The van der Waals surface area contributed by atoms with E-state index in [0.717, 1.165) is 16.8 Å². The minimum absolute atomic E-state index is 0.0373. The molecule has 3 N–H and O–H groups in total. The van der Waals surface area contributed by atoms with Crippen LogP contribution in [-0.4, -0.2) is 28.3 Å². The highest BCUT2D eigenvalue weighted by Crippen LogP contribution is 2.37. The molecule has 6 nitrogen and oxygen atoms in total. The molecule has 1 aromatic heterocycles. The molecule has 0 radical (unpaired) electrons. The normalized spacial score (nSPS) is 17.2. The number of anilines is 1. The molecule has 1 aromatic carbocycles. The van der Waals surface area contributed by atoms with Crippen molar-refractivity contribution in [2.45, 2.75) is 32.1 Å². The molecule has 1 unspecified atom stereocenters. The second-order valence-electron chi connectivity index (χ2n) is 6.20. The fraction of sp³-hybridized carbons (Fsp3) is 0.333. The van der Waals surface area contributed by atoms with Crippen molar-refractivity contribution in [3.63, 3.8) is 0 Å². The van der Waals surface area contributed by atoms with Gasteiger partial charge in [-0.3, -0.25) is 9.89 Å². The second kappa shape index (κ2) is 6.39. The van der Waals surface area contributed by atoms with E-state index in [4.69, 9.17) is 4.74 Å². The second-order valence-corrected chi connectivity index (χ2v) is 6.20. The maximum atomic E-state index is 11.9. The Kier molecular flexibility index (Phi) is 4.29. The summed E-state index contributed by atoms with van der Waals surface area (Å²) in [4.78, 5) is 11.9. The Hall–Kier alpha value is -2.76. The quantitative estimate of drug-likeness (QED) is 0.803. The molecule has 2 aromatic rings. The summed E-state index contributed by atoms with van der Waals surface area (Å²) in [6.07, 6.45) is 4.33. The van der Waals surface area contributed by atoms with E-state index in [-0.39, 0.29) is 17.6 Å². The fourth-order valence-electron chi connectivity index (χ4n) is 2.95. The maximum Gasteiger partial charge on any atom is 0.226 e. The minimum Gasteiger partial charge on any atom is -0.504 e. The van der Waals surface area contributed by atoms with E-state index in [0.29, 0.717) is 23.9 Å². The van der Waals surface area contributed by atoms with Gasteiger partial charge in [0.05, 0.1) is 7.11 Å². The first-order chi connectivity index (χ1) is 11.5. The third-order valence-electron chi connectivity index (χ3n) is 4.17. The Bertz CT molecular complexity index is 793. The lowest BCUT2D eigenvalue weighted by Gasteiger charge is -2.21. The van der Waals surface area contributed by atoms with Crippen LogP contribution in [0.15, 0.2) is 24.3 Å². The number of carbonyl (C=O) groups excluding carboxylic acids is 1. The van der Waals surface area contributed by atoms with Crippen molar-refractivity contribution >= 4 is 17.8 Å². The van der Waals surface area contributed by atoms with Crippen molar-refractivity contribution in [1.29, 1.82) is 0 Å². The van der Waals surface area contributed by atoms with Gasteiger partial charge >= 0.3 is 0 Å². The predicted octanol–water partition coefficient (Wildman–Crippen LogP) is 3.39. The number of hydrogen-bond acceptors (Lipinski definition) is 4. The van der Waals surface area contributed by atoms with Gasteiger partial charge in [0.1, 0.15) is 0 Å². The zero-order valence-corrected chi connectivity index (χ0v) is 14.0. The van der Waals surface area contributed by atoms with E-state index >= 15 is 0 Å². The lowest BCUT2D eigenvalue weighted by Crippen LogP contribution is -2.22. The number of ether oxygens (including phenoxy) is 1. The van der Waals surface area contributed by atoms with Gasteiger partial charge in [0.15, 0.2) is 17.3 Å². The van der Waals surface area contributed by atoms with E-state index in [9.17, 15) is 9.90 Å². The molecule has 1 amide bonds. The largest absolute Gasteiger partial charge is 0.504 e. The van der Waals surface area contributed by atoms with Crippen LogP contribution in [0.4, 0.5) is 5.82 Å². The van der Waals surface area contributed by atoms with E-state index in [1.807, 2.05) is 12.2 Å². The Morgan fingerprint density at radius 3 is 2.92 bits per heavy atom. The lowest BCUT2D eigenvalue weighted by atomic mass is 9.88. The number of methoxy groups -OCH3 is 1. The van der Waals surface area contributed by atoms with Crippen molar-refractivity contribution in [3.8, 4) is 11.5 Å². The molecular formula is C18H21N3O3. The molecule has 1 atom stereocenters. The molecule has 1 aliphatic heterocycles. The molecule has 2 heterocycles. The Labute approximate surface area is 140 Å². The van der Waals surface area contributed by atoms with Crippen LogP contribution >= 0.6 is 0 Å². The van der Waals surface area contributed by atoms with Gasteiger partial charge in [-0.1, -0.05) is 32.1 Å². The third kappa shape index (κ3) is 2.99. The van der Waals surface area contributed by atoms with Gasteiger partial charge in [0, 0.05) is 23.6 Å². The van der Waals surface area contributed by atoms with Crippen molar-refractivity contribution in [2.24, 2.45) is 0 Å². The summed E-state index contributed by atoms with van der Waals surface area (Å²) in [5.41, 5.74) is 2.99. The number of phenols is 1. The van der Waals surface area contributed by atoms with Gasteiger partial charge in [-0.25, -0.2) is 0 Å². The number of amides is 1. The summed E-state index contributed by atoms with van der Waals surface area (Å²) in [7, 11) is 1.51. The predicted molar refractivity (Wildman–Crippen MR) is 92.4 cm³/mol. The summed E-state index contributed by atoms with van der Waals surface area (Å²) in [6, 6.07) is 5.15. The summed E-state index contributed by atoms with van der Waals surface area (Å²) in [5.74, 6) is 1.36. The van der Waals surface area contributed by atoms with E-state index in [1.165, 1.54) is 7.11 Å². The summed E-state index contributed by atoms with van der Waals surface area (Å²) in [6.45, 7) is 4.19. The van der Waals surface area contributed by atoms with Crippen molar-refractivity contribution in [3.05, 3.63) is 41.1 Å². The first-order valence-corrected chi connectivity index (χ1v) is 7.92. The number of H-pyrrole nitrogens is 1. The van der Waals surface area contributed by atoms with Crippen molar-refractivity contribution < 1.29 is 14.6 Å². The number of benzene rings is 1. The molecule has 0 bridgehead atoms. The lowest BCUT2D eigenvalue weighted by molar-refractivity contribution is -0.116. The average Bonchev–Trinajstić information content (AvgIpc) is 2.97. The van der Waals surface area contributed by atoms with Crippen LogP contribution in [0, 0.1) is 0 Å². The minimum atomic E-state index is -0.0396. The van der Waals surface area contributed by atoms with Crippen LogP contribution < -0.4 is 10.1 Å². The summed E-state index contributed by atoms with van der Waals surface area (Å²) >= 11 is 0. The summed E-state index contributed by atoms with van der Waals surface area (Å²) < 4.78 is 5.13. The number of rotatable bonds is 4.